The molecule has 6 heteroatoms. The van der Waals surface area contributed by atoms with Gasteiger partial charge in [-0.05, 0) is 194 Å². The van der Waals surface area contributed by atoms with Gasteiger partial charge in [-0.3, -0.25) is 0 Å². The van der Waals surface area contributed by atoms with Crippen LogP contribution in [0, 0.1) is 0 Å². The number of anilines is 6. The van der Waals surface area contributed by atoms with Gasteiger partial charge in [0.2, 0.25) is 0 Å². The Morgan fingerprint density at radius 3 is 0.957 bits per heavy atom. The van der Waals surface area contributed by atoms with Crippen molar-refractivity contribution in [1.82, 2.24) is 9.13 Å². The lowest BCUT2D eigenvalue weighted by molar-refractivity contribution is 1.18. The van der Waals surface area contributed by atoms with Crippen molar-refractivity contribution in [3.63, 3.8) is 0 Å². The van der Waals surface area contributed by atoms with E-state index < -0.39 is 0 Å². The molecule has 0 bridgehead atoms. The molecule has 4 aromatic heterocycles. The first-order valence-electron chi connectivity index (χ1n) is 31.9. The highest BCUT2D eigenvalue weighted by molar-refractivity contribution is 7.20. The summed E-state index contributed by atoms with van der Waals surface area (Å²) in [5.41, 5.74) is 25.4. The Bertz CT molecular complexity index is 5750. The van der Waals surface area contributed by atoms with E-state index in [9.17, 15) is 0 Å². The predicted octanol–water partition coefficient (Wildman–Crippen LogP) is 25.6. The molecule has 0 aliphatic heterocycles. The van der Waals surface area contributed by atoms with Crippen molar-refractivity contribution in [3.8, 4) is 67.0 Å². The van der Waals surface area contributed by atoms with Crippen molar-refractivity contribution in [2.75, 3.05) is 9.80 Å². The first-order chi connectivity index (χ1) is 46.6. The molecule has 18 aromatic rings. The third kappa shape index (κ3) is 9.49. The van der Waals surface area contributed by atoms with E-state index in [4.69, 9.17) is 0 Å². The third-order valence-corrected chi connectivity index (χ3v) is 20.5. The molecule has 4 nitrogen and oxygen atoms in total. The van der Waals surface area contributed by atoms with E-state index in [0.29, 0.717) is 0 Å². The number of benzene rings is 14. The summed E-state index contributed by atoms with van der Waals surface area (Å²) in [4.78, 5) is 4.95. The first kappa shape index (κ1) is 55.1. The molecule has 0 aliphatic rings. The Hall–Kier alpha value is -11.8. The molecule has 0 atom stereocenters. The van der Waals surface area contributed by atoms with Crippen molar-refractivity contribution in [2.45, 2.75) is 0 Å². The van der Waals surface area contributed by atoms with Crippen molar-refractivity contribution in [3.05, 3.63) is 350 Å². The van der Waals surface area contributed by atoms with Crippen LogP contribution in [0.25, 0.3) is 131 Å². The second-order valence-electron chi connectivity index (χ2n) is 24.0. The Balaban J connectivity index is 0.799. The highest BCUT2D eigenvalue weighted by Gasteiger charge is 2.27. The fourth-order valence-corrected chi connectivity index (χ4v) is 16.2. The molecule has 0 saturated carbocycles. The molecule has 18 rings (SSSR count). The van der Waals surface area contributed by atoms with Crippen LogP contribution in [0.5, 0.6) is 0 Å². The minimum absolute atomic E-state index is 1.07. The fraction of sp³-hybridized carbons (Fsp3) is 0. The molecule has 0 saturated heterocycles. The number of rotatable bonds is 13. The number of hydrogen-bond acceptors (Lipinski definition) is 4. The van der Waals surface area contributed by atoms with Crippen LogP contribution in [0.1, 0.15) is 0 Å². The molecule has 14 aromatic carbocycles. The monoisotopic (exact) mass is 1230 g/mol. The quantitative estimate of drug-likeness (QED) is 0.114. The molecule has 0 amide bonds. The van der Waals surface area contributed by atoms with Crippen LogP contribution in [-0.4, -0.2) is 9.13 Å². The zero-order valence-electron chi connectivity index (χ0n) is 51.1. The summed E-state index contributed by atoms with van der Waals surface area (Å²) in [6.07, 6.45) is 0. The van der Waals surface area contributed by atoms with Crippen LogP contribution in [0.15, 0.2) is 350 Å². The Labute approximate surface area is 553 Å². The fourth-order valence-electron chi connectivity index (χ4n) is 14.3. The maximum absolute atomic E-state index is 2.53. The second-order valence-corrected chi connectivity index (χ2v) is 25.9. The van der Waals surface area contributed by atoms with E-state index in [1.807, 2.05) is 22.7 Å². The zero-order chi connectivity index (χ0) is 62.1. The Morgan fingerprint density at radius 2 is 0.521 bits per heavy atom. The van der Waals surface area contributed by atoms with Gasteiger partial charge in [0.05, 0.1) is 32.5 Å². The van der Waals surface area contributed by atoms with Crippen molar-refractivity contribution in [2.24, 2.45) is 0 Å². The van der Waals surface area contributed by atoms with Crippen molar-refractivity contribution >= 4 is 121 Å². The van der Waals surface area contributed by atoms with Crippen LogP contribution in [0.2, 0.25) is 0 Å². The van der Waals surface area contributed by atoms with Crippen molar-refractivity contribution in [1.29, 1.82) is 0 Å². The molecular weight excluding hydrogens is 1180 g/mol. The van der Waals surface area contributed by atoms with Gasteiger partial charge < -0.3 is 18.9 Å². The normalized spacial score (nSPS) is 11.6. The predicted molar refractivity (Wildman–Crippen MR) is 402 cm³/mol. The van der Waals surface area contributed by atoms with E-state index in [1.165, 1.54) is 114 Å². The number of nitrogens with zero attached hydrogens (tertiary/aromatic N) is 4. The van der Waals surface area contributed by atoms with Gasteiger partial charge in [0.15, 0.2) is 0 Å². The molecule has 0 fully saturated rings. The molecule has 0 spiro atoms. The summed E-state index contributed by atoms with van der Waals surface area (Å²) in [5, 5.41) is 11.8. The van der Waals surface area contributed by atoms with Crippen molar-refractivity contribution < 1.29 is 0 Å². The molecule has 0 N–H and O–H groups in total. The third-order valence-electron chi connectivity index (χ3n) is 18.7. The second kappa shape index (κ2) is 23.2. The minimum atomic E-state index is 1.07. The number of thiophene rings is 2. The number of fused-ring (bicyclic) bond motifs is 8. The van der Waals surface area contributed by atoms with Gasteiger partial charge in [-0.1, -0.05) is 206 Å². The maximum atomic E-state index is 2.53. The summed E-state index contributed by atoms with van der Waals surface area (Å²) < 4.78 is 7.31. The summed E-state index contributed by atoms with van der Waals surface area (Å²) in [6, 6.07) is 125. The lowest BCUT2D eigenvalue weighted by Gasteiger charge is -2.28. The van der Waals surface area contributed by atoms with Crippen LogP contribution in [0.4, 0.5) is 34.1 Å². The van der Waals surface area contributed by atoms with Gasteiger partial charge in [-0.15, -0.1) is 22.7 Å². The smallest absolute Gasteiger partial charge is 0.0727 e. The van der Waals surface area contributed by atoms with Gasteiger partial charge in [0.1, 0.15) is 0 Å². The first-order valence-corrected chi connectivity index (χ1v) is 33.7. The number of aromatic nitrogens is 2. The largest absolute Gasteiger partial charge is 0.310 e. The molecule has 94 heavy (non-hydrogen) atoms. The van der Waals surface area contributed by atoms with E-state index in [-0.39, 0.29) is 0 Å². The maximum Gasteiger partial charge on any atom is 0.0727 e. The van der Waals surface area contributed by atoms with E-state index in [2.05, 4.69) is 369 Å². The van der Waals surface area contributed by atoms with Crippen LogP contribution in [-0.2, 0) is 0 Å². The van der Waals surface area contributed by atoms with E-state index >= 15 is 0 Å². The van der Waals surface area contributed by atoms with Gasteiger partial charge in [0.25, 0.3) is 0 Å². The van der Waals surface area contributed by atoms with Gasteiger partial charge in [-0.2, -0.15) is 0 Å². The highest BCUT2D eigenvalue weighted by atomic mass is 32.1. The van der Waals surface area contributed by atoms with Crippen LogP contribution >= 0.6 is 22.7 Å². The van der Waals surface area contributed by atoms with E-state index in [0.717, 1.165) is 50.8 Å². The molecule has 0 aliphatic carbocycles. The average molecular weight is 1240 g/mol. The lowest BCUT2D eigenvalue weighted by Crippen LogP contribution is -2.11. The standard InChI is InChI=1S/C88H58N4S2/c1-7-19-59(20-8-1)63-31-39-70(40-32-63)89(73-45-49-83-79(57-73)77-55-66(61-23-11-3-12-24-61)37-47-81(77)91(83)68-27-15-5-16-28-68)71-43-35-65(36-44-71)85-75-51-53-94-88(75)86(76-52-54-93-87(76)85)90(72-41-33-64(34-42-72)60-21-9-2-10-22-60)74-46-50-84-80(58-74)78-56-67(62-25-13-4-14-26-62)38-48-82(78)92(84)69-29-17-6-18-30-69/h1-58H. The summed E-state index contributed by atoms with van der Waals surface area (Å²) in [7, 11) is 0. The van der Waals surface area contributed by atoms with Crippen LogP contribution in [0.3, 0.4) is 0 Å². The molecule has 0 radical (unpaired) electrons. The summed E-state index contributed by atoms with van der Waals surface area (Å²) >= 11 is 3.64. The van der Waals surface area contributed by atoms with Crippen LogP contribution < -0.4 is 9.80 Å². The van der Waals surface area contributed by atoms with Gasteiger partial charge in [0, 0.05) is 82.4 Å². The number of para-hydroxylation sites is 2. The average Bonchev–Trinajstić information content (AvgIpc) is 1.51. The molecule has 442 valence electrons. The topological polar surface area (TPSA) is 16.3 Å². The van der Waals surface area contributed by atoms with Gasteiger partial charge >= 0.3 is 0 Å². The molecule has 4 heterocycles. The number of hydrogen-bond donors (Lipinski definition) is 0. The van der Waals surface area contributed by atoms with Gasteiger partial charge in [-0.25, -0.2) is 0 Å². The summed E-state index contributed by atoms with van der Waals surface area (Å²) in [5.74, 6) is 0. The zero-order valence-corrected chi connectivity index (χ0v) is 52.7. The SMILES string of the molecule is c1ccc(-c2ccc(N(c3ccc(-c4c5ccsc5c(N(c5ccc(-c6ccccc6)cc5)c5ccc6c(c5)c5cc(-c7ccccc7)ccc5n6-c5ccccc5)c5ccsc45)cc3)c3ccc4c(c3)c3cc(-c5ccccc5)ccc3n4-c3ccccc3)cc2)cc1. The van der Waals surface area contributed by atoms with E-state index in [1.54, 1.807) is 0 Å². The highest BCUT2D eigenvalue weighted by Crippen LogP contribution is 2.53. The summed E-state index contributed by atoms with van der Waals surface area (Å²) in [6.45, 7) is 0. The molecular formula is C88H58N4S2. The Kier molecular flexibility index (Phi) is 13.6. The minimum Gasteiger partial charge on any atom is -0.310 e. The molecule has 0 unspecified atom stereocenters. The Morgan fingerprint density at radius 1 is 0.213 bits per heavy atom. The lowest BCUT2D eigenvalue weighted by atomic mass is 9.97.